The molecule has 2 heterocycles. The maximum absolute atomic E-state index is 12.3. The van der Waals surface area contributed by atoms with Crippen molar-refractivity contribution in [1.29, 1.82) is 0 Å². The summed E-state index contributed by atoms with van der Waals surface area (Å²) in [5, 5.41) is 8.82. The Kier molecular flexibility index (Phi) is 5.25. The SMILES string of the molecule is Cc1ccc(C(=O)N/N=C\c2cn(-c3ccccc3)nc2-c2cccnc2)cc1. The number of hydrogen-bond donors (Lipinski definition) is 1. The van der Waals surface area contributed by atoms with Gasteiger partial charge in [0, 0.05) is 35.3 Å². The molecule has 0 spiro atoms. The number of amides is 1. The van der Waals surface area contributed by atoms with Crippen molar-refractivity contribution >= 4 is 12.1 Å². The minimum absolute atomic E-state index is 0.264. The lowest BCUT2D eigenvalue weighted by Gasteiger charge is -2.00. The van der Waals surface area contributed by atoms with Crippen LogP contribution in [0.25, 0.3) is 16.9 Å². The fourth-order valence-corrected chi connectivity index (χ4v) is 2.85. The van der Waals surface area contributed by atoms with Gasteiger partial charge in [0.05, 0.1) is 11.9 Å². The van der Waals surface area contributed by atoms with Gasteiger partial charge >= 0.3 is 0 Å². The zero-order valence-electron chi connectivity index (χ0n) is 15.9. The minimum Gasteiger partial charge on any atom is -0.267 e. The van der Waals surface area contributed by atoms with Crippen molar-refractivity contribution in [1.82, 2.24) is 20.2 Å². The zero-order chi connectivity index (χ0) is 20.1. The van der Waals surface area contributed by atoms with E-state index in [0.29, 0.717) is 5.56 Å². The fraction of sp³-hybridized carbons (Fsp3) is 0.0435. The van der Waals surface area contributed by atoms with E-state index in [2.05, 4.69) is 20.6 Å². The molecule has 1 amide bonds. The van der Waals surface area contributed by atoms with Gasteiger partial charge in [0.15, 0.2) is 0 Å². The molecule has 0 aliphatic heterocycles. The van der Waals surface area contributed by atoms with E-state index >= 15 is 0 Å². The van der Waals surface area contributed by atoms with Crippen LogP contribution in [0.4, 0.5) is 0 Å². The van der Waals surface area contributed by atoms with Crippen LogP contribution >= 0.6 is 0 Å². The number of hydrazone groups is 1. The third-order valence-corrected chi connectivity index (χ3v) is 4.38. The van der Waals surface area contributed by atoms with E-state index in [1.165, 1.54) is 0 Å². The Hall–Kier alpha value is -4.06. The Labute approximate surface area is 168 Å². The van der Waals surface area contributed by atoms with Crippen LogP contribution in [-0.2, 0) is 0 Å². The number of nitrogens with zero attached hydrogens (tertiary/aromatic N) is 4. The van der Waals surface area contributed by atoms with Gasteiger partial charge in [-0.3, -0.25) is 9.78 Å². The van der Waals surface area contributed by atoms with Gasteiger partial charge in [0.1, 0.15) is 5.69 Å². The highest BCUT2D eigenvalue weighted by atomic mass is 16.2. The summed E-state index contributed by atoms with van der Waals surface area (Å²) in [4.78, 5) is 16.4. The molecule has 0 saturated heterocycles. The van der Waals surface area contributed by atoms with Crippen molar-refractivity contribution in [3.63, 3.8) is 0 Å². The number of aryl methyl sites for hydroxylation is 1. The fourth-order valence-electron chi connectivity index (χ4n) is 2.85. The Morgan fingerprint density at radius 1 is 1.03 bits per heavy atom. The highest BCUT2D eigenvalue weighted by molar-refractivity contribution is 5.95. The molecule has 4 aromatic rings. The average molecular weight is 381 g/mol. The highest BCUT2D eigenvalue weighted by Crippen LogP contribution is 2.21. The second kappa shape index (κ2) is 8.31. The molecule has 4 rings (SSSR count). The second-order valence-electron chi connectivity index (χ2n) is 6.52. The molecule has 0 atom stereocenters. The molecule has 142 valence electrons. The summed E-state index contributed by atoms with van der Waals surface area (Å²) in [6.07, 6.45) is 6.94. The summed E-state index contributed by atoms with van der Waals surface area (Å²) in [5.41, 5.74) is 7.53. The number of rotatable bonds is 5. The smallest absolute Gasteiger partial charge is 0.267 e. The Balaban J connectivity index is 1.61. The number of carbonyl (C=O) groups is 1. The van der Waals surface area contributed by atoms with Crippen LogP contribution in [0, 0.1) is 6.92 Å². The molecule has 1 N–H and O–H groups in total. The first kappa shape index (κ1) is 18.3. The molecule has 6 nitrogen and oxygen atoms in total. The maximum atomic E-state index is 12.3. The molecule has 0 fully saturated rings. The molecule has 0 bridgehead atoms. The lowest BCUT2D eigenvalue weighted by molar-refractivity contribution is 0.0955. The van der Waals surface area contributed by atoms with E-state index in [0.717, 1.165) is 28.1 Å². The van der Waals surface area contributed by atoms with Gasteiger partial charge in [-0.1, -0.05) is 35.9 Å². The normalized spacial score (nSPS) is 10.9. The van der Waals surface area contributed by atoms with Crippen LogP contribution in [0.15, 0.2) is 90.4 Å². The second-order valence-corrected chi connectivity index (χ2v) is 6.52. The molecule has 0 radical (unpaired) electrons. The van der Waals surface area contributed by atoms with Gasteiger partial charge in [-0.2, -0.15) is 10.2 Å². The van der Waals surface area contributed by atoms with Crippen LogP contribution in [0.3, 0.4) is 0 Å². The lowest BCUT2D eigenvalue weighted by Crippen LogP contribution is -2.17. The van der Waals surface area contributed by atoms with Gasteiger partial charge in [-0.05, 0) is 43.3 Å². The van der Waals surface area contributed by atoms with Crippen molar-refractivity contribution in [3.05, 3.63) is 102 Å². The minimum atomic E-state index is -0.264. The van der Waals surface area contributed by atoms with E-state index in [9.17, 15) is 4.79 Å². The number of carbonyl (C=O) groups excluding carboxylic acids is 1. The summed E-state index contributed by atoms with van der Waals surface area (Å²) in [5.74, 6) is -0.264. The molecule has 2 aromatic carbocycles. The number of nitrogens with one attached hydrogen (secondary N) is 1. The number of aromatic nitrogens is 3. The lowest BCUT2D eigenvalue weighted by atomic mass is 10.1. The summed E-state index contributed by atoms with van der Waals surface area (Å²) in [6.45, 7) is 1.98. The molecule has 6 heteroatoms. The third-order valence-electron chi connectivity index (χ3n) is 4.38. The van der Waals surface area contributed by atoms with Crippen molar-refractivity contribution < 1.29 is 4.79 Å². The van der Waals surface area contributed by atoms with Gasteiger partial charge in [0.25, 0.3) is 5.91 Å². The first-order chi connectivity index (χ1) is 14.2. The Morgan fingerprint density at radius 2 is 1.83 bits per heavy atom. The monoisotopic (exact) mass is 381 g/mol. The first-order valence-electron chi connectivity index (χ1n) is 9.16. The van der Waals surface area contributed by atoms with E-state index in [-0.39, 0.29) is 5.91 Å². The molecule has 0 aliphatic carbocycles. The molecule has 0 saturated carbocycles. The number of benzene rings is 2. The summed E-state index contributed by atoms with van der Waals surface area (Å²) >= 11 is 0. The van der Waals surface area contributed by atoms with Gasteiger partial charge in [-0.15, -0.1) is 0 Å². The van der Waals surface area contributed by atoms with Crippen LogP contribution < -0.4 is 5.43 Å². The highest BCUT2D eigenvalue weighted by Gasteiger charge is 2.11. The topological polar surface area (TPSA) is 72.2 Å². The van der Waals surface area contributed by atoms with E-state index in [4.69, 9.17) is 0 Å². The number of para-hydroxylation sites is 1. The van der Waals surface area contributed by atoms with Crippen molar-refractivity contribution in [2.45, 2.75) is 6.92 Å². The van der Waals surface area contributed by atoms with Gasteiger partial charge in [0.2, 0.25) is 0 Å². The van der Waals surface area contributed by atoms with Crippen LogP contribution in [0.5, 0.6) is 0 Å². The largest absolute Gasteiger partial charge is 0.271 e. The molecular weight excluding hydrogens is 362 g/mol. The van der Waals surface area contributed by atoms with Crippen LogP contribution in [0.1, 0.15) is 21.5 Å². The third kappa shape index (κ3) is 4.27. The van der Waals surface area contributed by atoms with Crippen LogP contribution in [0.2, 0.25) is 0 Å². The Bertz CT molecular complexity index is 1130. The predicted octanol–water partition coefficient (Wildman–Crippen LogP) is 4.01. The molecule has 0 aliphatic rings. The van der Waals surface area contributed by atoms with Gasteiger partial charge < -0.3 is 0 Å². The van der Waals surface area contributed by atoms with E-state index < -0.39 is 0 Å². The van der Waals surface area contributed by atoms with Crippen molar-refractivity contribution in [3.8, 4) is 16.9 Å². The maximum Gasteiger partial charge on any atom is 0.271 e. The average Bonchev–Trinajstić information content (AvgIpc) is 3.19. The van der Waals surface area contributed by atoms with Gasteiger partial charge in [-0.25, -0.2) is 10.1 Å². The molecular formula is C23H19N5O. The van der Waals surface area contributed by atoms with Crippen LogP contribution in [-0.4, -0.2) is 26.9 Å². The van der Waals surface area contributed by atoms with Crippen molar-refractivity contribution in [2.24, 2.45) is 5.10 Å². The molecule has 0 unspecified atom stereocenters. The Morgan fingerprint density at radius 3 is 2.55 bits per heavy atom. The van der Waals surface area contributed by atoms with E-state index in [1.807, 2.05) is 67.7 Å². The predicted molar refractivity (Wildman–Crippen MR) is 113 cm³/mol. The first-order valence-corrected chi connectivity index (χ1v) is 9.16. The number of pyridine rings is 1. The quantitative estimate of drug-likeness (QED) is 0.419. The summed E-state index contributed by atoms with van der Waals surface area (Å²) in [7, 11) is 0. The van der Waals surface area contributed by atoms with Crippen molar-refractivity contribution in [2.75, 3.05) is 0 Å². The molecule has 2 aromatic heterocycles. The molecule has 29 heavy (non-hydrogen) atoms. The zero-order valence-corrected chi connectivity index (χ0v) is 15.9. The standard InChI is InChI=1S/C23H19N5O/c1-17-9-11-18(12-10-17)23(29)26-25-15-20-16-28(21-7-3-2-4-8-21)27-22(20)19-6-5-13-24-14-19/h2-16H,1H3,(H,26,29)/b25-15-. The number of hydrogen-bond acceptors (Lipinski definition) is 4. The summed E-state index contributed by atoms with van der Waals surface area (Å²) in [6, 6.07) is 20.9. The van der Waals surface area contributed by atoms with E-state index in [1.54, 1.807) is 35.4 Å². The summed E-state index contributed by atoms with van der Waals surface area (Å²) < 4.78 is 1.78.